The molecule has 2 aliphatic heterocycles. The Balaban J connectivity index is 1.59. The van der Waals surface area contributed by atoms with Crippen LogP contribution in [0.3, 0.4) is 0 Å². The first-order valence-electron chi connectivity index (χ1n) is 9.38. The van der Waals surface area contributed by atoms with Gasteiger partial charge in [0.25, 0.3) is 0 Å². The van der Waals surface area contributed by atoms with Crippen LogP contribution in [0, 0.1) is 0 Å². The smallest absolute Gasteiger partial charge is 0.120 e. The molecule has 3 nitrogen and oxygen atoms in total. The number of hydrogen-bond acceptors (Lipinski definition) is 3. The van der Waals surface area contributed by atoms with E-state index in [0.717, 1.165) is 12.4 Å². The topological polar surface area (TPSA) is 21.7 Å². The summed E-state index contributed by atoms with van der Waals surface area (Å²) < 4.78 is 11.1. The highest BCUT2D eigenvalue weighted by Gasteiger charge is 2.45. The van der Waals surface area contributed by atoms with Crippen molar-refractivity contribution in [2.24, 2.45) is 0 Å². The van der Waals surface area contributed by atoms with Gasteiger partial charge in [-0.2, -0.15) is 0 Å². The molecule has 2 aromatic rings. The van der Waals surface area contributed by atoms with Crippen molar-refractivity contribution in [3.63, 3.8) is 0 Å². The van der Waals surface area contributed by atoms with Gasteiger partial charge >= 0.3 is 0 Å². The minimum Gasteiger partial charge on any atom is -0.491 e. The lowest BCUT2D eigenvalue weighted by atomic mass is 9.85. The van der Waals surface area contributed by atoms with Crippen LogP contribution in [0.2, 0.25) is 0 Å². The first kappa shape index (κ1) is 16.6. The lowest BCUT2D eigenvalue weighted by Crippen LogP contribution is -2.42. The molecule has 132 valence electrons. The molecule has 0 aromatic heterocycles. The van der Waals surface area contributed by atoms with E-state index >= 15 is 0 Å². The molecule has 2 aliphatic rings. The Kier molecular flexibility index (Phi) is 4.53. The third-order valence-electron chi connectivity index (χ3n) is 5.85. The van der Waals surface area contributed by atoms with Crippen LogP contribution < -0.4 is 4.74 Å². The number of nitrogens with zero attached hydrogens (tertiary/aromatic N) is 1. The summed E-state index contributed by atoms with van der Waals surface area (Å²) in [5, 5.41) is 2.51. The largest absolute Gasteiger partial charge is 0.491 e. The molecule has 0 saturated carbocycles. The van der Waals surface area contributed by atoms with Gasteiger partial charge in [-0.1, -0.05) is 30.4 Å². The van der Waals surface area contributed by atoms with Crippen LogP contribution in [0.1, 0.15) is 31.7 Å². The van der Waals surface area contributed by atoms with Crippen molar-refractivity contribution in [1.29, 1.82) is 0 Å². The van der Waals surface area contributed by atoms with Crippen LogP contribution in [0.5, 0.6) is 5.75 Å². The quantitative estimate of drug-likeness (QED) is 0.572. The van der Waals surface area contributed by atoms with E-state index in [2.05, 4.69) is 60.5 Å². The Morgan fingerprint density at radius 1 is 1.12 bits per heavy atom. The van der Waals surface area contributed by atoms with Crippen molar-refractivity contribution in [3.8, 4) is 5.75 Å². The molecular weight excluding hydrogens is 310 g/mol. The Hall–Kier alpha value is -1.84. The third kappa shape index (κ3) is 2.96. The van der Waals surface area contributed by atoms with Crippen molar-refractivity contribution in [2.45, 2.75) is 37.8 Å². The Bertz CT molecular complexity index is 785. The number of ether oxygens (including phenoxy) is 2. The minimum absolute atomic E-state index is 0.0871. The number of fused-ring (bicyclic) bond motifs is 3. The van der Waals surface area contributed by atoms with E-state index < -0.39 is 0 Å². The molecule has 0 N–H and O–H groups in total. The molecule has 2 unspecified atom stereocenters. The summed E-state index contributed by atoms with van der Waals surface area (Å²) in [5.41, 5.74) is 1.50. The van der Waals surface area contributed by atoms with Crippen LogP contribution in [0.25, 0.3) is 10.8 Å². The summed E-state index contributed by atoms with van der Waals surface area (Å²) >= 11 is 0. The van der Waals surface area contributed by atoms with Crippen molar-refractivity contribution >= 4 is 10.8 Å². The molecule has 2 aromatic carbocycles. The van der Waals surface area contributed by atoms with Gasteiger partial charge in [0.05, 0.1) is 12.1 Å². The standard InChI is InChI=1S/C22H27NO2/c1-3-24-13-14-25-21-9-7-17-15-19(8-6-18(17)16-21)22-11-4-5-20(10-12-22)23(22)2/h4,6-9,11,15-16,20H,3,5,10,12-14H2,1-2H3. The van der Waals surface area contributed by atoms with Crippen LogP contribution in [-0.4, -0.2) is 37.8 Å². The second-order valence-corrected chi connectivity index (χ2v) is 7.13. The van der Waals surface area contributed by atoms with E-state index in [4.69, 9.17) is 9.47 Å². The van der Waals surface area contributed by atoms with Crippen LogP contribution in [0.15, 0.2) is 48.6 Å². The fourth-order valence-electron chi connectivity index (χ4n) is 4.37. The summed E-state index contributed by atoms with van der Waals surface area (Å²) in [4.78, 5) is 2.57. The number of hydrogen-bond donors (Lipinski definition) is 0. The zero-order chi connectivity index (χ0) is 17.3. The normalized spacial score (nSPS) is 25.6. The summed E-state index contributed by atoms with van der Waals surface area (Å²) in [6.45, 7) is 3.96. The van der Waals surface area contributed by atoms with Gasteiger partial charge in [-0.25, -0.2) is 0 Å². The van der Waals surface area contributed by atoms with Gasteiger partial charge in [-0.3, -0.25) is 4.90 Å². The minimum atomic E-state index is 0.0871. The fourth-order valence-corrected chi connectivity index (χ4v) is 4.37. The summed E-state index contributed by atoms with van der Waals surface area (Å²) in [7, 11) is 2.28. The number of likely N-dealkylation sites (N-methyl/N-ethyl adjacent to an activating group) is 1. The summed E-state index contributed by atoms with van der Waals surface area (Å²) in [5.74, 6) is 0.911. The van der Waals surface area contributed by atoms with E-state index in [9.17, 15) is 0 Å². The molecule has 0 radical (unpaired) electrons. The van der Waals surface area contributed by atoms with Crippen LogP contribution in [0.4, 0.5) is 0 Å². The fraction of sp³-hybridized carbons (Fsp3) is 0.455. The van der Waals surface area contributed by atoms with Gasteiger partial charge in [0, 0.05) is 12.6 Å². The molecule has 0 spiro atoms. The highest BCUT2D eigenvalue weighted by Crippen LogP contribution is 2.46. The number of benzene rings is 2. The van der Waals surface area contributed by atoms with Crippen molar-refractivity contribution in [3.05, 3.63) is 54.1 Å². The van der Waals surface area contributed by atoms with Crippen LogP contribution >= 0.6 is 0 Å². The Morgan fingerprint density at radius 2 is 1.96 bits per heavy atom. The van der Waals surface area contributed by atoms with Gasteiger partial charge in [-0.05, 0) is 67.8 Å². The predicted octanol–water partition coefficient (Wildman–Crippen LogP) is 4.50. The SMILES string of the molecule is CCOCCOc1ccc2cc(C34C=CCC(CC3)N4C)ccc2c1. The van der Waals surface area contributed by atoms with E-state index in [0.29, 0.717) is 19.3 Å². The van der Waals surface area contributed by atoms with E-state index in [1.54, 1.807) is 0 Å². The first-order chi connectivity index (χ1) is 12.2. The average Bonchev–Trinajstić information content (AvgIpc) is 2.83. The average molecular weight is 337 g/mol. The third-order valence-corrected chi connectivity index (χ3v) is 5.85. The molecule has 2 atom stereocenters. The molecular formula is C22H27NO2. The zero-order valence-electron chi connectivity index (χ0n) is 15.2. The van der Waals surface area contributed by atoms with Gasteiger partial charge in [0.2, 0.25) is 0 Å². The van der Waals surface area contributed by atoms with E-state index in [1.165, 1.54) is 35.6 Å². The van der Waals surface area contributed by atoms with E-state index in [1.807, 2.05) is 6.92 Å². The predicted molar refractivity (Wildman–Crippen MR) is 102 cm³/mol. The monoisotopic (exact) mass is 337 g/mol. The van der Waals surface area contributed by atoms with Crippen LogP contribution in [-0.2, 0) is 10.3 Å². The lowest BCUT2D eigenvalue weighted by molar-refractivity contribution is 0.110. The molecule has 3 heteroatoms. The van der Waals surface area contributed by atoms with Gasteiger partial charge < -0.3 is 9.47 Å². The second-order valence-electron chi connectivity index (χ2n) is 7.13. The highest BCUT2D eigenvalue weighted by molar-refractivity contribution is 5.85. The van der Waals surface area contributed by atoms with E-state index in [-0.39, 0.29) is 5.54 Å². The maximum atomic E-state index is 5.78. The molecule has 2 bridgehead atoms. The molecule has 0 amide bonds. The van der Waals surface area contributed by atoms with Crippen molar-refractivity contribution in [2.75, 3.05) is 26.9 Å². The van der Waals surface area contributed by atoms with Gasteiger partial charge in [0.15, 0.2) is 0 Å². The highest BCUT2D eigenvalue weighted by atomic mass is 16.5. The first-order valence-corrected chi connectivity index (χ1v) is 9.38. The number of rotatable bonds is 6. The lowest BCUT2D eigenvalue weighted by Gasteiger charge is -2.39. The molecule has 2 heterocycles. The Labute approximate surface area is 150 Å². The van der Waals surface area contributed by atoms with Crippen molar-refractivity contribution in [1.82, 2.24) is 4.90 Å². The maximum absolute atomic E-state index is 5.78. The Morgan fingerprint density at radius 3 is 2.84 bits per heavy atom. The maximum Gasteiger partial charge on any atom is 0.120 e. The molecule has 4 rings (SSSR count). The summed E-state index contributed by atoms with van der Waals surface area (Å²) in [6, 6.07) is 13.9. The van der Waals surface area contributed by atoms with Gasteiger partial charge in [-0.15, -0.1) is 0 Å². The van der Waals surface area contributed by atoms with Crippen molar-refractivity contribution < 1.29 is 9.47 Å². The summed E-state index contributed by atoms with van der Waals surface area (Å²) in [6.07, 6.45) is 8.48. The second kappa shape index (κ2) is 6.81. The van der Waals surface area contributed by atoms with Gasteiger partial charge in [0.1, 0.15) is 12.4 Å². The zero-order valence-corrected chi connectivity index (χ0v) is 15.2. The molecule has 25 heavy (non-hydrogen) atoms. The molecule has 0 aliphatic carbocycles. The molecule has 1 fully saturated rings. The molecule has 1 saturated heterocycles.